The van der Waals surface area contributed by atoms with Crippen LogP contribution in [0, 0.1) is 0 Å². The molecule has 3 heteroatoms. The van der Waals surface area contributed by atoms with Gasteiger partial charge in [0.05, 0.1) is 13.2 Å². The molecule has 0 radical (unpaired) electrons. The zero-order valence-electron chi connectivity index (χ0n) is 11.8. The van der Waals surface area contributed by atoms with Crippen molar-refractivity contribution < 1.29 is 4.74 Å². The molecule has 0 saturated carbocycles. The first kappa shape index (κ1) is 13.1. The SMILES string of the molecule is CC1(c2cccc(CN3CCOCC3)c2)CCCN1. The molecule has 0 aliphatic carbocycles. The Morgan fingerprint density at radius 3 is 2.89 bits per heavy atom. The van der Waals surface area contributed by atoms with E-state index in [1.165, 1.54) is 24.0 Å². The molecule has 1 N–H and O–H groups in total. The largest absolute Gasteiger partial charge is 0.379 e. The number of nitrogens with one attached hydrogen (secondary N) is 1. The summed E-state index contributed by atoms with van der Waals surface area (Å²) in [7, 11) is 0. The van der Waals surface area contributed by atoms with Crippen molar-refractivity contribution in [1.82, 2.24) is 10.2 Å². The van der Waals surface area contributed by atoms with Crippen molar-refractivity contribution in [2.75, 3.05) is 32.8 Å². The maximum Gasteiger partial charge on any atom is 0.0594 e. The molecular formula is C16H24N2O. The van der Waals surface area contributed by atoms with E-state index in [4.69, 9.17) is 4.74 Å². The third-order valence-corrected chi connectivity index (χ3v) is 4.44. The van der Waals surface area contributed by atoms with Gasteiger partial charge < -0.3 is 10.1 Å². The molecule has 2 heterocycles. The minimum absolute atomic E-state index is 0.182. The lowest BCUT2D eigenvalue weighted by Crippen LogP contribution is -2.36. The molecule has 2 aliphatic rings. The third kappa shape index (κ3) is 2.99. The molecule has 1 aromatic rings. The number of rotatable bonds is 3. The van der Waals surface area contributed by atoms with Gasteiger partial charge in [0.15, 0.2) is 0 Å². The van der Waals surface area contributed by atoms with Crippen molar-refractivity contribution in [3.05, 3.63) is 35.4 Å². The Bertz CT molecular complexity index is 421. The maximum absolute atomic E-state index is 5.41. The molecule has 2 aliphatic heterocycles. The highest BCUT2D eigenvalue weighted by Crippen LogP contribution is 2.30. The lowest BCUT2D eigenvalue weighted by Gasteiger charge is -2.28. The number of benzene rings is 1. The average Bonchev–Trinajstić information content (AvgIpc) is 2.89. The first-order valence-electron chi connectivity index (χ1n) is 7.41. The van der Waals surface area contributed by atoms with Crippen LogP contribution in [0.1, 0.15) is 30.9 Å². The van der Waals surface area contributed by atoms with E-state index in [1.807, 2.05) is 0 Å². The summed E-state index contributed by atoms with van der Waals surface area (Å²) in [5, 5.41) is 3.65. The third-order valence-electron chi connectivity index (χ3n) is 4.44. The van der Waals surface area contributed by atoms with E-state index >= 15 is 0 Å². The van der Waals surface area contributed by atoms with Gasteiger partial charge in [0.25, 0.3) is 0 Å². The Labute approximate surface area is 115 Å². The topological polar surface area (TPSA) is 24.5 Å². The summed E-state index contributed by atoms with van der Waals surface area (Å²) in [6, 6.07) is 9.10. The quantitative estimate of drug-likeness (QED) is 0.901. The van der Waals surface area contributed by atoms with Gasteiger partial charge in [0.1, 0.15) is 0 Å². The first-order valence-corrected chi connectivity index (χ1v) is 7.41. The number of morpholine rings is 1. The van der Waals surface area contributed by atoms with E-state index in [0.717, 1.165) is 39.4 Å². The minimum Gasteiger partial charge on any atom is -0.379 e. The van der Waals surface area contributed by atoms with Crippen LogP contribution in [0.25, 0.3) is 0 Å². The van der Waals surface area contributed by atoms with Crippen molar-refractivity contribution >= 4 is 0 Å². The van der Waals surface area contributed by atoms with E-state index in [1.54, 1.807) is 0 Å². The van der Waals surface area contributed by atoms with Gasteiger partial charge in [-0.25, -0.2) is 0 Å². The van der Waals surface area contributed by atoms with Crippen LogP contribution in [-0.4, -0.2) is 37.7 Å². The standard InChI is InChI=1S/C16H24N2O/c1-16(6-3-7-17-16)15-5-2-4-14(12-15)13-18-8-10-19-11-9-18/h2,4-5,12,17H,3,6-11,13H2,1H3. The van der Waals surface area contributed by atoms with Gasteiger partial charge in [-0.3, -0.25) is 4.90 Å². The molecule has 0 spiro atoms. The molecule has 3 rings (SSSR count). The van der Waals surface area contributed by atoms with Crippen LogP contribution in [-0.2, 0) is 16.8 Å². The van der Waals surface area contributed by atoms with Crippen molar-refractivity contribution in [2.45, 2.75) is 31.8 Å². The van der Waals surface area contributed by atoms with Crippen LogP contribution in [0.5, 0.6) is 0 Å². The number of hydrogen-bond donors (Lipinski definition) is 1. The summed E-state index contributed by atoms with van der Waals surface area (Å²) in [6.07, 6.45) is 2.53. The van der Waals surface area contributed by atoms with Gasteiger partial charge in [-0.1, -0.05) is 24.3 Å². The lowest BCUT2D eigenvalue weighted by atomic mass is 9.89. The van der Waals surface area contributed by atoms with Crippen molar-refractivity contribution in [3.63, 3.8) is 0 Å². The minimum atomic E-state index is 0.182. The van der Waals surface area contributed by atoms with Crippen molar-refractivity contribution in [1.29, 1.82) is 0 Å². The molecule has 0 bridgehead atoms. The molecule has 0 aromatic heterocycles. The van der Waals surface area contributed by atoms with Gasteiger partial charge in [-0.05, 0) is 37.4 Å². The summed E-state index contributed by atoms with van der Waals surface area (Å²) < 4.78 is 5.41. The molecule has 3 nitrogen and oxygen atoms in total. The van der Waals surface area contributed by atoms with Gasteiger partial charge in [0.2, 0.25) is 0 Å². The Hall–Kier alpha value is -0.900. The smallest absolute Gasteiger partial charge is 0.0594 e. The van der Waals surface area contributed by atoms with E-state index in [2.05, 4.69) is 41.4 Å². The summed E-state index contributed by atoms with van der Waals surface area (Å²) in [5.74, 6) is 0. The van der Waals surface area contributed by atoms with E-state index in [-0.39, 0.29) is 5.54 Å². The predicted molar refractivity (Wildman–Crippen MR) is 77.1 cm³/mol. The second-order valence-corrected chi connectivity index (χ2v) is 5.95. The fourth-order valence-electron chi connectivity index (χ4n) is 3.17. The van der Waals surface area contributed by atoms with Gasteiger partial charge in [-0.2, -0.15) is 0 Å². The fraction of sp³-hybridized carbons (Fsp3) is 0.625. The van der Waals surface area contributed by atoms with Crippen LogP contribution >= 0.6 is 0 Å². The summed E-state index contributed by atoms with van der Waals surface area (Å²) in [6.45, 7) is 8.38. The molecular weight excluding hydrogens is 236 g/mol. The van der Waals surface area contributed by atoms with Crippen molar-refractivity contribution in [3.8, 4) is 0 Å². The average molecular weight is 260 g/mol. The molecule has 2 fully saturated rings. The zero-order chi connectivity index (χ0) is 13.1. The number of ether oxygens (including phenoxy) is 1. The highest BCUT2D eigenvalue weighted by Gasteiger charge is 2.29. The van der Waals surface area contributed by atoms with E-state index in [9.17, 15) is 0 Å². The molecule has 1 unspecified atom stereocenters. The Balaban J connectivity index is 1.72. The summed E-state index contributed by atoms with van der Waals surface area (Å²) >= 11 is 0. The number of nitrogens with zero attached hydrogens (tertiary/aromatic N) is 1. The maximum atomic E-state index is 5.41. The van der Waals surface area contributed by atoms with Crippen LogP contribution in [0.15, 0.2) is 24.3 Å². The highest BCUT2D eigenvalue weighted by molar-refractivity contribution is 5.30. The fourth-order valence-corrected chi connectivity index (χ4v) is 3.17. The van der Waals surface area contributed by atoms with E-state index in [0.29, 0.717) is 0 Å². The molecule has 1 atom stereocenters. The predicted octanol–water partition coefficient (Wildman–Crippen LogP) is 2.12. The highest BCUT2D eigenvalue weighted by atomic mass is 16.5. The van der Waals surface area contributed by atoms with Gasteiger partial charge in [-0.15, -0.1) is 0 Å². The molecule has 1 aromatic carbocycles. The summed E-state index contributed by atoms with van der Waals surface area (Å²) in [4.78, 5) is 2.48. The monoisotopic (exact) mass is 260 g/mol. The van der Waals surface area contributed by atoms with Crippen LogP contribution in [0.2, 0.25) is 0 Å². The van der Waals surface area contributed by atoms with E-state index < -0.39 is 0 Å². The molecule has 19 heavy (non-hydrogen) atoms. The lowest BCUT2D eigenvalue weighted by molar-refractivity contribution is 0.0341. The van der Waals surface area contributed by atoms with Crippen LogP contribution in [0.4, 0.5) is 0 Å². The Morgan fingerprint density at radius 2 is 2.16 bits per heavy atom. The molecule has 0 amide bonds. The second kappa shape index (κ2) is 5.61. The normalized spacial score (nSPS) is 28.7. The van der Waals surface area contributed by atoms with Crippen LogP contribution < -0.4 is 5.32 Å². The zero-order valence-corrected chi connectivity index (χ0v) is 11.8. The molecule has 2 saturated heterocycles. The Morgan fingerprint density at radius 1 is 1.32 bits per heavy atom. The number of hydrogen-bond acceptors (Lipinski definition) is 3. The van der Waals surface area contributed by atoms with Gasteiger partial charge in [0, 0.05) is 25.2 Å². The molecule has 104 valence electrons. The van der Waals surface area contributed by atoms with Gasteiger partial charge >= 0.3 is 0 Å². The van der Waals surface area contributed by atoms with Crippen LogP contribution in [0.3, 0.4) is 0 Å². The summed E-state index contributed by atoms with van der Waals surface area (Å²) in [5.41, 5.74) is 3.05. The van der Waals surface area contributed by atoms with Crippen molar-refractivity contribution in [2.24, 2.45) is 0 Å². The second-order valence-electron chi connectivity index (χ2n) is 5.95. The Kier molecular flexibility index (Phi) is 3.87. The first-order chi connectivity index (χ1) is 9.26.